The third kappa shape index (κ3) is 5.79. The first-order chi connectivity index (χ1) is 8.27. The van der Waals surface area contributed by atoms with Crippen LogP contribution < -0.4 is 0 Å². The molecule has 17 heavy (non-hydrogen) atoms. The number of aliphatic hydroxyl groups excluding tert-OH is 1. The van der Waals surface area contributed by atoms with Crippen LogP contribution in [0.25, 0.3) is 0 Å². The van der Waals surface area contributed by atoms with Crippen molar-refractivity contribution in [2.75, 3.05) is 60.3 Å². The molecule has 1 aliphatic rings. The van der Waals surface area contributed by atoms with Crippen LogP contribution in [0.3, 0.4) is 0 Å². The summed E-state index contributed by atoms with van der Waals surface area (Å²) in [5, 5.41) is 9.90. The smallest absolute Gasteiger partial charge is 0.0624 e. The molecule has 0 radical (unpaired) electrons. The fourth-order valence-electron chi connectivity index (χ4n) is 2.03. The molecule has 0 aromatic heterocycles. The van der Waals surface area contributed by atoms with Gasteiger partial charge in [0.05, 0.1) is 25.9 Å². The molecule has 1 saturated heterocycles. The molecule has 1 heterocycles. The highest BCUT2D eigenvalue weighted by Crippen LogP contribution is 2.15. The molecule has 1 fully saturated rings. The Balaban J connectivity index is 2.33. The van der Waals surface area contributed by atoms with Gasteiger partial charge in [0.1, 0.15) is 0 Å². The van der Waals surface area contributed by atoms with Gasteiger partial charge in [0.15, 0.2) is 0 Å². The van der Waals surface area contributed by atoms with Crippen molar-refractivity contribution in [1.29, 1.82) is 0 Å². The minimum Gasteiger partial charge on any atom is -0.393 e. The van der Waals surface area contributed by atoms with Crippen LogP contribution in [0.1, 0.15) is 6.42 Å². The Morgan fingerprint density at radius 2 is 1.88 bits per heavy atom. The summed E-state index contributed by atoms with van der Waals surface area (Å²) in [7, 11) is 3.40. The Morgan fingerprint density at radius 3 is 2.41 bits per heavy atom. The quantitative estimate of drug-likeness (QED) is 0.653. The summed E-state index contributed by atoms with van der Waals surface area (Å²) < 4.78 is 15.6. The van der Waals surface area contributed by atoms with Gasteiger partial charge in [-0.2, -0.15) is 0 Å². The largest absolute Gasteiger partial charge is 0.393 e. The molecule has 1 aliphatic heterocycles. The summed E-state index contributed by atoms with van der Waals surface area (Å²) in [6, 6.07) is 0. The normalized spacial score (nSPS) is 25.4. The molecule has 1 N–H and O–H groups in total. The molecular weight excluding hydrogens is 222 g/mol. The van der Waals surface area contributed by atoms with Gasteiger partial charge >= 0.3 is 0 Å². The SMILES string of the molecule is COCCN(CCOC)CC1COCCC1O. The van der Waals surface area contributed by atoms with Gasteiger partial charge in [-0.25, -0.2) is 0 Å². The topological polar surface area (TPSA) is 51.2 Å². The molecule has 1 rings (SSSR count). The molecule has 0 spiro atoms. The van der Waals surface area contributed by atoms with Gasteiger partial charge < -0.3 is 19.3 Å². The highest BCUT2D eigenvalue weighted by atomic mass is 16.5. The number of methoxy groups -OCH3 is 2. The van der Waals surface area contributed by atoms with Crippen LogP contribution in [-0.4, -0.2) is 76.4 Å². The molecule has 0 aliphatic carbocycles. The minimum absolute atomic E-state index is 0.206. The van der Waals surface area contributed by atoms with Crippen molar-refractivity contribution >= 4 is 0 Å². The first-order valence-electron chi connectivity index (χ1n) is 6.24. The van der Waals surface area contributed by atoms with E-state index in [0.29, 0.717) is 26.4 Å². The summed E-state index contributed by atoms with van der Waals surface area (Å²) >= 11 is 0. The van der Waals surface area contributed by atoms with Gasteiger partial charge in [-0.15, -0.1) is 0 Å². The summed E-state index contributed by atoms with van der Waals surface area (Å²) in [6.45, 7) is 5.30. The van der Waals surface area contributed by atoms with Crippen LogP contribution >= 0.6 is 0 Å². The van der Waals surface area contributed by atoms with Crippen molar-refractivity contribution in [3.05, 3.63) is 0 Å². The number of hydrogen-bond acceptors (Lipinski definition) is 5. The van der Waals surface area contributed by atoms with Crippen molar-refractivity contribution in [2.45, 2.75) is 12.5 Å². The second kappa shape index (κ2) is 8.83. The van der Waals surface area contributed by atoms with E-state index in [-0.39, 0.29) is 12.0 Å². The number of rotatable bonds is 8. The number of ether oxygens (including phenoxy) is 3. The van der Waals surface area contributed by atoms with Gasteiger partial charge in [-0.3, -0.25) is 4.90 Å². The molecule has 5 heteroatoms. The first kappa shape index (κ1) is 14.9. The van der Waals surface area contributed by atoms with Crippen molar-refractivity contribution in [1.82, 2.24) is 4.90 Å². The molecule has 0 aromatic rings. The standard InChI is InChI=1S/C12H25NO4/c1-15-7-4-13(5-8-16-2)9-11-10-17-6-3-12(11)14/h11-12,14H,3-10H2,1-2H3. The lowest BCUT2D eigenvalue weighted by Gasteiger charge is -2.32. The van der Waals surface area contributed by atoms with E-state index in [1.54, 1.807) is 14.2 Å². The van der Waals surface area contributed by atoms with Crippen molar-refractivity contribution in [2.24, 2.45) is 5.92 Å². The summed E-state index contributed by atoms with van der Waals surface area (Å²) in [5.74, 6) is 0.206. The molecule has 2 atom stereocenters. The Morgan fingerprint density at radius 1 is 1.24 bits per heavy atom. The summed E-state index contributed by atoms with van der Waals surface area (Å²) in [4.78, 5) is 2.26. The number of nitrogens with zero attached hydrogens (tertiary/aromatic N) is 1. The highest BCUT2D eigenvalue weighted by Gasteiger charge is 2.25. The maximum absolute atomic E-state index is 9.90. The Hall–Kier alpha value is -0.200. The fourth-order valence-corrected chi connectivity index (χ4v) is 2.03. The minimum atomic E-state index is -0.240. The lowest BCUT2D eigenvalue weighted by atomic mass is 9.98. The fraction of sp³-hybridized carbons (Fsp3) is 1.00. The lowest BCUT2D eigenvalue weighted by Crippen LogP contribution is -2.43. The van der Waals surface area contributed by atoms with E-state index in [4.69, 9.17) is 14.2 Å². The Labute approximate surface area is 104 Å². The van der Waals surface area contributed by atoms with Crippen LogP contribution in [0.15, 0.2) is 0 Å². The molecule has 0 saturated carbocycles. The molecule has 102 valence electrons. The number of hydrogen-bond donors (Lipinski definition) is 1. The van der Waals surface area contributed by atoms with Crippen LogP contribution in [0.2, 0.25) is 0 Å². The van der Waals surface area contributed by atoms with E-state index in [1.165, 1.54) is 0 Å². The number of aliphatic hydroxyl groups is 1. The van der Waals surface area contributed by atoms with Crippen LogP contribution in [0, 0.1) is 5.92 Å². The van der Waals surface area contributed by atoms with Crippen LogP contribution in [0.4, 0.5) is 0 Å². The zero-order valence-corrected chi connectivity index (χ0v) is 10.9. The predicted octanol–water partition coefficient (Wildman–Crippen LogP) is -0.0214. The van der Waals surface area contributed by atoms with Crippen LogP contribution in [0.5, 0.6) is 0 Å². The van der Waals surface area contributed by atoms with E-state index in [2.05, 4.69) is 4.90 Å². The van der Waals surface area contributed by atoms with E-state index >= 15 is 0 Å². The molecular formula is C12H25NO4. The summed E-state index contributed by atoms with van der Waals surface area (Å²) in [5.41, 5.74) is 0. The van der Waals surface area contributed by atoms with E-state index in [1.807, 2.05) is 0 Å². The molecule has 2 unspecified atom stereocenters. The second-order valence-corrected chi connectivity index (χ2v) is 4.48. The summed E-state index contributed by atoms with van der Waals surface area (Å²) in [6.07, 6.45) is 0.504. The third-order valence-electron chi connectivity index (χ3n) is 3.15. The van der Waals surface area contributed by atoms with Crippen LogP contribution in [-0.2, 0) is 14.2 Å². The molecule has 0 amide bonds. The maximum Gasteiger partial charge on any atom is 0.0624 e. The average molecular weight is 247 g/mol. The lowest BCUT2D eigenvalue weighted by molar-refractivity contribution is -0.0495. The van der Waals surface area contributed by atoms with Crippen molar-refractivity contribution < 1.29 is 19.3 Å². The monoisotopic (exact) mass is 247 g/mol. The zero-order chi connectivity index (χ0) is 12.5. The van der Waals surface area contributed by atoms with Gasteiger partial charge in [-0.05, 0) is 6.42 Å². The van der Waals surface area contributed by atoms with Crippen molar-refractivity contribution in [3.8, 4) is 0 Å². The predicted molar refractivity (Wildman–Crippen MR) is 65.1 cm³/mol. The van der Waals surface area contributed by atoms with E-state index in [9.17, 15) is 5.11 Å². The van der Waals surface area contributed by atoms with Gasteiger partial charge in [-0.1, -0.05) is 0 Å². The van der Waals surface area contributed by atoms with Gasteiger partial charge in [0.2, 0.25) is 0 Å². The maximum atomic E-state index is 9.90. The highest BCUT2D eigenvalue weighted by molar-refractivity contribution is 4.76. The second-order valence-electron chi connectivity index (χ2n) is 4.48. The van der Waals surface area contributed by atoms with Gasteiger partial charge in [0, 0.05) is 46.4 Å². The molecule has 5 nitrogen and oxygen atoms in total. The molecule has 0 aromatic carbocycles. The zero-order valence-electron chi connectivity index (χ0n) is 10.9. The average Bonchev–Trinajstić information content (AvgIpc) is 2.35. The van der Waals surface area contributed by atoms with Gasteiger partial charge in [0.25, 0.3) is 0 Å². The van der Waals surface area contributed by atoms with E-state index in [0.717, 1.165) is 26.1 Å². The molecule has 0 bridgehead atoms. The van der Waals surface area contributed by atoms with E-state index < -0.39 is 0 Å². The van der Waals surface area contributed by atoms with Crippen molar-refractivity contribution in [3.63, 3.8) is 0 Å². The first-order valence-corrected chi connectivity index (χ1v) is 6.24. The Kier molecular flexibility index (Phi) is 7.72. The Bertz CT molecular complexity index is 183. The third-order valence-corrected chi connectivity index (χ3v) is 3.15.